The average Bonchev–Trinajstić information content (AvgIpc) is 2.85. The molecule has 1 heterocycles. The molecule has 0 fully saturated rings. The molecule has 0 radical (unpaired) electrons. The summed E-state index contributed by atoms with van der Waals surface area (Å²) in [5.41, 5.74) is 12.8. The summed E-state index contributed by atoms with van der Waals surface area (Å²) in [6, 6.07) is 14.7. The van der Waals surface area contributed by atoms with Crippen LogP contribution in [0.15, 0.2) is 42.5 Å². The van der Waals surface area contributed by atoms with Gasteiger partial charge in [0, 0.05) is 35.8 Å². The van der Waals surface area contributed by atoms with E-state index in [1.54, 1.807) is 7.11 Å². The summed E-state index contributed by atoms with van der Waals surface area (Å²) >= 11 is 0. The molecular formula is C18H20N2O. The molecule has 0 bridgehead atoms. The lowest BCUT2D eigenvalue weighted by Crippen LogP contribution is -1.95. The number of ether oxygens (including phenoxy) is 1. The Morgan fingerprint density at radius 3 is 2.71 bits per heavy atom. The van der Waals surface area contributed by atoms with Crippen molar-refractivity contribution >= 4 is 10.9 Å². The summed E-state index contributed by atoms with van der Waals surface area (Å²) in [4.78, 5) is 3.53. The SMILES string of the molecule is COCc1ccccc1-c1[nH]c2ccc(CN)cc2c1C. The first-order valence-corrected chi connectivity index (χ1v) is 7.13. The summed E-state index contributed by atoms with van der Waals surface area (Å²) in [5.74, 6) is 0. The number of H-pyrrole nitrogens is 1. The zero-order valence-corrected chi connectivity index (χ0v) is 12.4. The zero-order chi connectivity index (χ0) is 14.8. The molecule has 0 amide bonds. The van der Waals surface area contributed by atoms with Crippen molar-refractivity contribution in [2.45, 2.75) is 20.1 Å². The summed E-state index contributed by atoms with van der Waals surface area (Å²) in [6.07, 6.45) is 0. The van der Waals surface area contributed by atoms with E-state index >= 15 is 0 Å². The molecule has 3 aromatic rings. The lowest BCUT2D eigenvalue weighted by atomic mass is 10.0. The van der Waals surface area contributed by atoms with Crippen LogP contribution in [0.2, 0.25) is 0 Å². The van der Waals surface area contributed by atoms with Gasteiger partial charge in [-0.15, -0.1) is 0 Å². The fourth-order valence-electron chi connectivity index (χ4n) is 2.82. The Kier molecular flexibility index (Phi) is 3.78. The Morgan fingerprint density at radius 1 is 1.14 bits per heavy atom. The third-order valence-electron chi connectivity index (χ3n) is 3.94. The largest absolute Gasteiger partial charge is 0.380 e. The van der Waals surface area contributed by atoms with Gasteiger partial charge in [0.2, 0.25) is 0 Å². The summed E-state index contributed by atoms with van der Waals surface area (Å²) < 4.78 is 5.31. The van der Waals surface area contributed by atoms with E-state index in [-0.39, 0.29) is 0 Å². The lowest BCUT2D eigenvalue weighted by Gasteiger charge is -2.08. The van der Waals surface area contributed by atoms with Gasteiger partial charge in [-0.2, -0.15) is 0 Å². The highest BCUT2D eigenvalue weighted by molar-refractivity contribution is 5.91. The predicted molar refractivity (Wildman–Crippen MR) is 87.1 cm³/mol. The molecule has 0 atom stereocenters. The maximum Gasteiger partial charge on any atom is 0.0719 e. The van der Waals surface area contributed by atoms with Gasteiger partial charge < -0.3 is 15.5 Å². The Bertz CT molecular complexity index is 774. The van der Waals surface area contributed by atoms with Crippen LogP contribution in [-0.2, 0) is 17.9 Å². The molecular weight excluding hydrogens is 260 g/mol. The fourth-order valence-corrected chi connectivity index (χ4v) is 2.82. The molecule has 3 N–H and O–H groups in total. The van der Waals surface area contributed by atoms with E-state index in [9.17, 15) is 0 Å². The number of rotatable bonds is 4. The van der Waals surface area contributed by atoms with Gasteiger partial charge in [0.1, 0.15) is 0 Å². The van der Waals surface area contributed by atoms with Crippen LogP contribution < -0.4 is 5.73 Å². The Morgan fingerprint density at radius 2 is 1.95 bits per heavy atom. The molecule has 3 rings (SSSR count). The van der Waals surface area contributed by atoms with E-state index in [0.29, 0.717) is 13.2 Å². The van der Waals surface area contributed by atoms with Crippen LogP contribution in [0.5, 0.6) is 0 Å². The van der Waals surface area contributed by atoms with E-state index in [4.69, 9.17) is 10.5 Å². The van der Waals surface area contributed by atoms with E-state index in [0.717, 1.165) is 16.8 Å². The molecule has 0 aliphatic heterocycles. The summed E-state index contributed by atoms with van der Waals surface area (Å²) in [7, 11) is 1.72. The number of benzene rings is 2. The Labute approximate surface area is 124 Å². The molecule has 0 spiro atoms. The second-order valence-corrected chi connectivity index (χ2v) is 5.30. The molecule has 108 valence electrons. The number of hydrogen-bond donors (Lipinski definition) is 2. The van der Waals surface area contributed by atoms with E-state index in [1.165, 1.54) is 22.1 Å². The van der Waals surface area contributed by atoms with Crippen LogP contribution in [-0.4, -0.2) is 12.1 Å². The molecule has 2 aromatic carbocycles. The third-order valence-corrected chi connectivity index (χ3v) is 3.94. The van der Waals surface area contributed by atoms with Crippen molar-refractivity contribution < 1.29 is 4.74 Å². The van der Waals surface area contributed by atoms with Crippen LogP contribution in [0, 0.1) is 6.92 Å². The van der Waals surface area contributed by atoms with E-state index < -0.39 is 0 Å². The number of fused-ring (bicyclic) bond motifs is 1. The van der Waals surface area contributed by atoms with Crippen molar-refractivity contribution in [3.8, 4) is 11.3 Å². The summed E-state index contributed by atoms with van der Waals surface area (Å²) in [5, 5.41) is 1.24. The molecule has 3 heteroatoms. The Balaban J connectivity index is 2.19. The molecule has 0 aliphatic rings. The first kappa shape index (κ1) is 13.9. The predicted octanol–water partition coefficient (Wildman–Crippen LogP) is 3.75. The highest BCUT2D eigenvalue weighted by Crippen LogP contribution is 2.32. The van der Waals surface area contributed by atoms with Crippen LogP contribution in [0.25, 0.3) is 22.2 Å². The minimum atomic E-state index is 0.566. The normalized spacial score (nSPS) is 11.2. The maximum absolute atomic E-state index is 5.75. The van der Waals surface area contributed by atoms with Crippen molar-refractivity contribution in [2.75, 3.05) is 7.11 Å². The second kappa shape index (κ2) is 5.72. The second-order valence-electron chi connectivity index (χ2n) is 5.30. The van der Waals surface area contributed by atoms with Crippen molar-refractivity contribution in [1.82, 2.24) is 4.98 Å². The summed E-state index contributed by atoms with van der Waals surface area (Å²) in [6.45, 7) is 3.33. The molecule has 1 aromatic heterocycles. The van der Waals surface area contributed by atoms with E-state index in [2.05, 4.69) is 48.3 Å². The monoisotopic (exact) mass is 280 g/mol. The molecule has 0 unspecified atom stereocenters. The van der Waals surface area contributed by atoms with Gasteiger partial charge >= 0.3 is 0 Å². The smallest absolute Gasteiger partial charge is 0.0719 e. The minimum absolute atomic E-state index is 0.566. The van der Waals surface area contributed by atoms with E-state index in [1.807, 2.05) is 6.07 Å². The number of nitrogens with one attached hydrogen (secondary N) is 1. The molecule has 21 heavy (non-hydrogen) atoms. The average molecular weight is 280 g/mol. The van der Waals surface area contributed by atoms with Gasteiger partial charge in [-0.1, -0.05) is 30.3 Å². The molecule has 0 saturated carbocycles. The number of aryl methyl sites for hydroxylation is 1. The lowest BCUT2D eigenvalue weighted by molar-refractivity contribution is 0.185. The molecule has 0 aliphatic carbocycles. The van der Waals surface area contributed by atoms with Gasteiger partial charge in [-0.25, -0.2) is 0 Å². The van der Waals surface area contributed by atoms with Crippen LogP contribution in [0.4, 0.5) is 0 Å². The van der Waals surface area contributed by atoms with Crippen molar-refractivity contribution in [1.29, 1.82) is 0 Å². The Hall–Kier alpha value is -2.10. The van der Waals surface area contributed by atoms with Gasteiger partial charge in [-0.05, 0) is 35.7 Å². The highest BCUT2D eigenvalue weighted by Gasteiger charge is 2.12. The first-order chi connectivity index (χ1) is 10.2. The third kappa shape index (κ3) is 2.46. The molecule has 0 saturated heterocycles. The number of aromatic nitrogens is 1. The van der Waals surface area contributed by atoms with Crippen LogP contribution >= 0.6 is 0 Å². The minimum Gasteiger partial charge on any atom is -0.380 e. The number of nitrogens with two attached hydrogens (primary N) is 1. The standard InChI is InChI=1S/C18H20N2O/c1-12-16-9-13(10-19)7-8-17(16)20-18(12)15-6-4-3-5-14(15)11-21-2/h3-9,20H,10-11,19H2,1-2H3. The number of hydrogen-bond acceptors (Lipinski definition) is 2. The zero-order valence-electron chi connectivity index (χ0n) is 12.4. The van der Waals surface area contributed by atoms with Gasteiger partial charge in [-0.3, -0.25) is 0 Å². The number of aromatic amines is 1. The molecule has 3 nitrogen and oxygen atoms in total. The van der Waals surface area contributed by atoms with Crippen molar-refractivity contribution in [2.24, 2.45) is 5.73 Å². The topological polar surface area (TPSA) is 51.0 Å². The fraction of sp³-hybridized carbons (Fsp3) is 0.222. The maximum atomic E-state index is 5.75. The van der Waals surface area contributed by atoms with Crippen molar-refractivity contribution in [3.63, 3.8) is 0 Å². The van der Waals surface area contributed by atoms with Gasteiger partial charge in [0.05, 0.1) is 6.61 Å². The highest BCUT2D eigenvalue weighted by atomic mass is 16.5. The van der Waals surface area contributed by atoms with Crippen LogP contribution in [0.1, 0.15) is 16.7 Å². The quantitative estimate of drug-likeness (QED) is 0.764. The van der Waals surface area contributed by atoms with Crippen molar-refractivity contribution in [3.05, 3.63) is 59.2 Å². The van der Waals surface area contributed by atoms with Crippen LogP contribution in [0.3, 0.4) is 0 Å². The number of methoxy groups -OCH3 is 1. The first-order valence-electron chi connectivity index (χ1n) is 7.13. The van der Waals surface area contributed by atoms with Gasteiger partial charge in [0.15, 0.2) is 0 Å². The van der Waals surface area contributed by atoms with Gasteiger partial charge in [0.25, 0.3) is 0 Å².